The lowest BCUT2D eigenvalue weighted by Gasteiger charge is -2.13. The summed E-state index contributed by atoms with van der Waals surface area (Å²) in [5.74, 6) is 0.848. The molecule has 0 radical (unpaired) electrons. The Morgan fingerprint density at radius 1 is 1.47 bits per heavy atom. The first-order valence-electron chi connectivity index (χ1n) is 4.79. The molecule has 0 spiro atoms. The number of halogens is 1. The number of aryl methyl sites for hydroxylation is 1. The van der Waals surface area contributed by atoms with Gasteiger partial charge in [0.15, 0.2) is 0 Å². The molecule has 0 saturated carbocycles. The van der Waals surface area contributed by atoms with Crippen LogP contribution < -0.4 is 4.74 Å². The predicted molar refractivity (Wildman–Crippen MR) is 61.9 cm³/mol. The summed E-state index contributed by atoms with van der Waals surface area (Å²) in [6.45, 7) is 5.40. The summed E-state index contributed by atoms with van der Waals surface area (Å²) < 4.78 is 5.25. The van der Waals surface area contributed by atoms with Crippen LogP contribution in [0.5, 0.6) is 5.75 Å². The molecule has 0 atom stereocenters. The van der Waals surface area contributed by atoms with Crippen molar-refractivity contribution in [3.63, 3.8) is 0 Å². The van der Waals surface area contributed by atoms with Crippen LogP contribution >= 0.6 is 11.6 Å². The highest BCUT2D eigenvalue weighted by atomic mass is 35.5. The summed E-state index contributed by atoms with van der Waals surface area (Å²) in [6.07, 6.45) is 0.370. The Labute approximate surface area is 95.2 Å². The molecule has 1 aromatic rings. The summed E-state index contributed by atoms with van der Waals surface area (Å²) in [6, 6.07) is 1.87. The van der Waals surface area contributed by atoms with Gasteiger partial charge in [-0.25, -0.2) is 0 Å². The van der Waals surface area contributed by atoms with Crippen LogP contribution in [-0.2, 0) is 11.2 Å². The van der Waals surface area contributed by atoms with Gasteiger partial charge in [-0.3, -0.25) is 4.79 Å². The zero-order valence-corrected chi connectivity index (χ0v) is 10.2. The molecule has 82 valence electrons. The summed E-state index contributed by atoms with van der Waals surface area (Å²) >= 11 is 6.13. The molecule has 0 saturated heterocycles. The minimum Gasteiger partial charge on any atom is -0.496 e. The average molecular weight is 227 g/mol. The third-order valence-electron chi connectivity index (χ3n) is 2.42. The molecule has 1 rings (SSSR count). The monoisotopic (exact) mass is 226 g/mol. The highest BCUT2D eigenvalue weighted by Gasteiger charge is 2.13. The molecule has 0 heterocycles. The smallest absolute Gasteiger partial charge is 0.134 e. The van der Waals surface area contributed by atoms with Gasteiger partial charge in [-0.05, 0) is 38.0 Å². The normalized spacial score (nSPS) is 10.2. The fourth-order valence-electron chi connectivity index (χ4n) is 1.61. The van der Waals surface area contributed by atoms with Crippen LogP contribution in [0.1, 0.15) is 23.6 Å². The fourth-order valence-corrected chi connectivity index (χ4v) is 1.78. The molecule has 0 aliphatic carbocycles. The first kappa shape index (κ1) is 12.1. The van der Waals surface area contributed by atoms with E-state index in [9.17, 15) is 4.79 Å². The van der Waals surface area contributed by atoms with Crippen molar-refractivity contribution in [2.45, 2.75) is 27.2 Å². The third kappa shape index (κ3) is 2.51. The minimum absolute atomic E-state index is 0.108. The lowest BCUT2D eigenvalue weighted by molar-refractivity contribution is -0.116. The van der Waals surface area contributed by atoms with Crippen LogP contribution in [0.15, 0.2) is 6.07 Å². The highest BCUT2D eigenvalue weighted by molar-refractivity contribution is 6.32. The second-order valence-corrected chi connectivity index (χ2v) is 4.07. The van der Waals surface area contributed by atoms with Crippen LogP contribution in [0.2, 0.25) is 5.02 Å². The van der Waals surface area contributed by atoms with Gasteiger partial charge in [0.25, 0.3) is 0 Å². The van der Waals surface area contributed by atoms with Crippen LogP contribution in [0.25, 0.3) is 0 Å². The van der Waals surface area contributed by atoms with Gasteiger partial charge in [0.05, 0.1) is 7.11 Å². The maximum atomic E-state index is 11.1. The Morgan fingerprint density at radius 2 is 2.07 bits per heavy atom. The summed E-state index contributed by atoms with van der Waals surface area (Å²) in [5, 5.41) is 0.715. The summed E-state index contributed by atoms with van der Waals surface area (Å²) in [5.41, 5.74) is 2.79. The van der Waals surface area contributed by atoms with Crippen LogP contribution in [0, 0.1) is 13.8 Å². The van der Waals surface area contributed by atoms with Gasteiger partial charge < -0.3 is 4.74 Å². The molecule has 0 fully saturated rings. The number of carbonyl (C=O) groups is 1. The van der Waals surface area contributed by atoms with Crippen molar-refractivity contribution in [1.82, 2.24) is 0 Å². The number of hydrogen-bond acceptors (Lipinski definition) is 2. The molecular weight excluding hydrogens is 212 g/mol. The second-order valence-electron chi connectivity index (χ2n) is 3.69. The molecule has 0 amide bonds. The van der Waals surface area contributed by atoms with E-state index in [1.807, 2.05) is 19.9 Å². The molecule has 0 aliphatic rings. The Hall–Kier alpha value is -1.02. The van der Waals surface area contributed by atoms with Crippen LogP contribution in [-0.4, -0.2) is 12.9 Å². The van der Waals surface area contributed by atoms with Crippen LogP contribution in [0.3, 0.4) is 0 Å². The zero-order chi connectivity index (χ0) is 11.6. The Kier molecular flexibility index (Phi) is 3.75. The fraction of sp³-hybridized carbons (Fsp3) is 0.417. The number of ketones is 1. The lowest BCUT2D eigenvalue weighted by Crippen LogP contribution is -2.03. The second kappa shape index (κ2) is 4.67. The van der Waals surface area contributed by atoms with E-state index in [0.29, 0.717) is 11.4 Å². The van der Waals surface area contributed by atoms with E-state index >= 15 is 0 Å². The Balaban J connectivity index is 3.33. The lowest BCUT2D eigenvalue weighted by atomic mass is 10.00. The van der Waals surface area contributed by atoms with Gasteiger partial charge in [0.1, 0.15) is 11.5 Å². The van der Waals surface area contributed by atoms with E-state index in [1.165, 1.54) is 0 Å². The van der Waals surface area contributed by atoms with Gasteiger partial charge in [0.2, 0.25) is 0 Å². The predicted octanol–water partition coefficient (Wildman–Crippen LogP) is 3.10. The number of methoxy groups -OCH3 is 1. The largest absolute Gasteiger partial charge is 0.496 e. The molecule has 0 N–H and O–H groups in total. The van der Waals surface area contributed by atoms with E-state index in [1.54, 1.807) is 14.0 Å². The molecule has 0 unspecified atom stereocenters. The number of ether oxygens (including phenoxy) is 1. The number of benzene rings is 1. The van der Waals surface area contributed by atoms with E-state index < -0.39 is 0 Å². The Bertz CT molecular complexity index is 397. The topological polar surface area (TPSA) is 26.3 Å². The van der Waals surface area contributed by atoms with E-state index in [0.717, 1.165) is 22.4 Å². The van der Waals surface area contributed by atoms with Crippen molar-refractivity contribution in [3.8, 4) is 5.75 Å². The van der Waals surface area contributed by atoms with Crippen molar-refractivity contribution < 1.29 is 9.53 Å². The van der Waals surface area contributed by atoms with E-state index in [-0.39, 0.29) is 5.78 Å². The third-order valence-corrected chi connectivity index (χ3v) is 3.00. The molecule has 0 aliphatic heterocycles. The molecule has 3 heteroatoms. The van der Waals surface area contributed by atoms with Crippen molar-refractivity contribution in [2.24, 2.45) is 0 Å². The van der Waals surface area contributed by atoms with Gasteiger partial charge in [0, 0.05) is 17.0 Å². The van der Waals surface area contributed by atoms with Crippen molar-refractivity contribution in [3.05, 3.63) is 27.8 Å². The number of rotatable bonds is 3. The number of hydrogen-bond donors (Lipinski definition) is 0. The first-order valence-corrected chi connectivity index (χ1v) is 5.17. The van der Waals surface area contributed by atoms with Crippen molar-refractivity contribution in [2.75, 3.05) is 7.11 Å². The number of Topliss-reactive ketones (excluding diaryl/α,β-unsaturated/α-hetero) is 1. The summed E-state index contributed by atoms with van der Waals surface area (Å²) in [4.78, 5) is 11.1. The van der Waals surface area contributed by atoms with Crippen molar-refractivity contribution in [1.29, 1.82) is 0 Å². The molecule has 1 aromatic carbocycles. The molecule has 2 nitrogen and oxygen atoms in total. The zero-order valence-electron chi connectivity index (χ0n) is 9.48. The highest BCUT2D eigenvalue weighted by Crippen LogP contribution is 2.31. The van der Waals surface area contributed by atoms with Crippen LogP contribution in [0.4, 0.5) is 0 Å². The van der Waals surface area contributed by atoms with Gasteiger partial charge in [-0.15, -0.1) is 0 Å². The maximum Gasteiger partial charge on any atom is 0.134 e. The quantitative estimate of drug-likeness (QED) is 0.792. The molecule has 15 heavy (non-hydrogen) atoms. The minimum atomic E-state index is 0.108. The SMILES string of the molecule is COc1cc(C)c(Cl)c(C)c1CC(C)=O. The van der Waals surface area contributed by atoms with E-state index in [2.05, 4.69) is 0 Å². The van der Waals surface area contributed by atoms with E-state index in [4.69, 9.17) is 16.3 Å². The van der Waals surface area contributed by atoms with Gasteiger partial charge in [-0.1, -0.05) is 11.6 Å². The molecule has 0 bridgehead atoms. The average Bonchev–Trinajstić information content (AvgIpc) is 2.18. The summed E-state index contributed by atoms with van der Waals surface area (Å²) in [7, 11) is 1.60. The molecular formula is C12H15ClO2. The van der Waals surface area contributed by atoms with Gasteiger partial charge in [-0.2, -0.15) is 0 Å². The number of carbonyl (C=O) groups excluding carboxylic acids is 1. The maximum absolute atomic E-state index is 11.1. The Morgan fingerprint density at radius 3 is 2.53 bits per heavy atom. The van der Waals surface area contributed by atoms with Gasteiger partial charge >= 0.3 is 0 Å². The standard InChI is InChI=1S/C12H15ClO2/c1-7-5-11(15-4)10(6-8(2)14)9(3)12(7)13/h5H,6H2,1-4H3. The molecule has 0 aromatic heterocycles. The first-order chi connectivity index (χ1) is 6.97. The van der Waals surface area contributed by atoms with Crippen molar-refractivity contribution >= 4 is 17.4 Å².